The number of nitrogens with two attached hydrogens (primary N) is 2. The number of carbonyl (C=O) groups excluding carboxylic acids is 1. The Morgan fingerprint density at radius 3 is 2.79 bits per heavy atom. The molecule has 19 heavy (non-hydrogen) atoms. The molecule has 1 aliphatic carbocycles. The molecule has 1 aliphatic rings. The smallest absolute Gasteiger partial charge is 0.236 e. The van der Waals surface area contributed by atoms with Gasteiger partial charge < -0.3 is 16.4 Å². The highest BCUT2D eigenvalue weighted by Gasteiger charge is 2.18. The molecule has 0 saturated carbocycles. The molecule has 5 heteroatoms. The van der Waals surface area contributed by atoms with Gasteiger partial charge in [-0.1, -0.05) is 0 Å². The fraction of sp³-hybridized carbons (Fsp3) is 0.571. The summed E-state index contributed by atoms with van der Waals surface area (Å²) in [5.41, 5.74) is 14.6. The first kappa shape index (κ1) is 13.8. The van der Waals surface area contributed by atoms with Crippen LogP contribution in [0.25, 0.3) is 0 Å². The Kier molecular flexibility index (Phi) is 4.37. The second-order valence-corrected chi connectivity index (χ2v) is 4.97. The van der Waals surface area contributed by atoms with Crippen LogP contribution in [-0.2, 0) is 24.2 Å². The van der Waals surface area contributed by atoms with Crippen LogP contribution >= 0.6 is 0 Å². The van der Waals surface area contributed by atoms with Gasteiger partial charge in [-0.25, -0.2) is 4.98 Å². The van der Waals surface area contributed by atoms with Crippen LogP contribution in [0.4, 0.5) is 5.82 Å². The van der Waals surface area contributed by atoms with Crippen LogP contribution in [0.5, 0.6) is 0 Å². The Morgan fingerprint density at radius 1 is 1.42 bits per heavy atom. The number of amides is 1. The Bertz CT molecular complexity index is 473. The van der Waals surface area contributed by atoms with Crippen LogP contribution in [0, 0.1) is 0 Å². The van der Waals surface area contributed by atoms with Crippen molar-refractivity contribution in [3.05, 3.63) is 22.9 Å². The van der Waals surface area contributed by atoms with E-state index >= 15 is 0 Å². The van der Waals surface area contributed by atoms with Crippen molar-refractivity contribution in [1.82, 2.24) is 4.98 Å². The van der Waals surface area contributed by atoms with E-state index in [2.05, 4.69) is 6.07 Å². The third kappa shape index (κ3) is 3.04. The van der Waals surface area contributed by atoms with E-state index < -0.39 is 0 Å². The van der Waals surface area contributed by atoms with Gasteiger partial charge in [0.2, 0.25) is 5.91 Å². The number of fused-ring (bicyclic) bond motifs is 1. The molecule has 0 aliphatic heterocycles. The second kappa shape index (κ2) is 6.02. The first-order valence-corrected chi connectivity index (χ1v) is 6.90. The number of carbonyl (C=O) groups is 1. The van der Waals surface area contributed by atoms with E-state index in [4.69, 9.17) is 16.5 Å². The molecule has 0 atom stereocenters. The molecule has 0 radical (unpaired) electrons. The number of likely N-dealkylation sites (N-methyl/N-ethyl adjacent to an activating group) is 1. The summed E-state index contributed by atoms with van der Waals surface area (Å²) in [4.78, 5) is 17.8. The molecule has 0 bridgehead atoms. The molecule has 1 amide bonds. The number of aromatic nitrogens is 1. The summed E-state index contributed by atoms with van der Waals surface area (Å²) in [6.07, 6.45) is 4.50. The molecule has 2 rings (SSSR count). The van der Waals surface area contributed by atoms with Crippen LogP contribution in [0.2, 0.25) is 0 Å². The number of anilines is 1. The molecule has 0 aromatic carbocycles. The predicted octanol–water partition coefficient (Wildman–Crippen LogP) is 0.731. The van der Waals surface area contributed by atoms with E-state index in [1.54, 1.807) is 0 Å². The first-order chi connectivity index (χ1) is 9.15. The van der Waals surface area contributed by atoms with Crippen LogP contribution in [0.1, 0.15) is 36.6 Å². The maximum absolute atomic E-state index is 11.2. The topological polar surface area (TPSA) is 85.2 Å². The van der Waals surface area contributed by atoms with E-state index in [1.807, 2.05) is 11.8 Å². The Hall–Kier alpha value is -1.62. The maximum Gasteiger partial charge on any atom is 0.236 e. The number of aryl methyl sites for hydroxylation is 2. The minimum absolute atomic E-state index is 0.190. The van der Waals surface area contributed by atoms with Crippen molar-refractivity contribution in [2.24, 2.45) is 11.5 Å². The van der Waals surface area contributed by atoms with E-state index in [0.717, 1.165) is 29.9 Å². The van der Waals surface area contributed by atoms with Crippen LogP contribution in [0.3, 0.4) is 0 Å². The molecule has 0 fully saturated rings. The van der Waals surface area contributed by atoms with Crippen molar-refractivity contribution in [2.45, 2.75) is 39.2 Å². The molecule has 0 spiro atoms. The van der Waals surface area contributed by atoms with E-state index in [-0.39, 0.29) is 12.5 Å². The summed E-state index contributed by atoms with van der Waals surface area (Å²) in [5.74, 6) is 0.480. The lowest BCUT2D eigenvalue weighted by molar-refractivity contribution is -0.116. The number of pyridine rings is 1. The standard InChI is InChI=1S/C14H22N4O/c1-2-18(9-13(16)19)14-11(8-15)7-10-5-3-4-6-12(10)17-14/h7H,2-6,8-9,15H2,1H3,(H2,16,19). The van der Waals surface area contributed by atoms with E-state index in [1.165, 1.54) is 18.4 Å². The van der Waals surface area contributed by atoms with Gasteiger partial charge in [0.05, 0.1) is 6.54 Å². The van der Waals surface area contributed by atoms with Crippen LogP contribution in [-0.4, -0.2) is 24.0 Å². The van der Waals surface area contributed by atoms with Crippen molar-refractivity contribution < 1.29 is 4.79 Å². The van der Waals surface area contributed by atoms with Gasteiger partial charge in [-0.3, -0.25) is 4.79 Å². The number of hydrogen-bond donors (Lipinski definition) is 2. The number of primary amides is 1. The summed E-state index contributed by atoms with van der Waals surface area (Å²) >= 11 is 0. The van der Waals surface area contributed by atoms with Crippen LogP contribution in [0.15, 0.2) is 6.07 Å². The lowest BCUT2D eigenvalue weighted by Gasteiger charge is -2.26. The Morgan fingerprint density at radius 2 is 2.16 bits per heavy atom. The zero-order chi connectivity index (χ0) is 13.8. The number of nitrogens with zero attached hydrogens (tertiary/aromatic N) is 2. The highest BCUT2D eigenvalue weighted by Crippen LogP contribution is 2.26. The molecule has 5 nitrogen and oxygen atoms in total. The van der Waals surface area contributed by atoms with Gasteiger partial charge in [0.1, 0.15) is 5.82 Å². The molecule has 0 unspecified atom stereocenters. The monoisotopic (exact) mass is 262 g/mol. The van der Waals surface area contributed by atoms with Gasteiger partial charge >= 0.3 is 0 Å². The SMILES string of the molecule is CCN(CC(N)=O)c1nc2c(cc1CN)CCCC2. The number of hydrogen-bond acceptors (Lipinski definition) is 4. The molecule has 0 saturated heterocycles. The lowest BCUT2D eigenvalue weighted by atomic mass is 9.94. The van der Waals surface area contributed by atoms with Gasteiger partial charge in [0.25, 0.3) is 0 Å². The van der Waals surface area contributed by atoms with Crippen molar-refractivity contribution in [3.8, 4) is 0 Å². The first-order valence-electron chi connectivity index (χ1n) is 6.90. The normalized spacial score (nSPS) is 14.0. The molecule has 1 aromatic heterocycles. The highest BCUT2D eigenvalue weighted by molar-refractivity contribution is 5.79. The van der Waals surface area contributed by atoms with Gasteiger partial charge in [0.15, 0.2) is 0 Å². The fourth-order valence-electron chi connectivity index (χ4n) is 2.62. The van der Waals surface area contributed by atoms with Gasteiger partial charge in [0, 0.05) is 24.3 Å². The average molecular weight is 262 g/mol. The van der Waals surface area contributed by atoms with Crippen molar-refractivity contribution >= 4 is 11.7 Å². The van der Waals surface area contributed by atoms with Gasteiger partial charge in [-0.2, -0.15) is 0 Å². The third-order valence-corrected chi connectivity index (χ3v) is 3.60. The quantitative estimate of drug-likeness (QED) is 0.819. The summed E-state index contributed by atoms with van der Waals surface area (Å²) in [6, 6.07) is 2.15. The minimum atomic E-state index is -0.343. The maximum atomic E-state index is 11.2. The zero-order valence-corrected chi connectivity index (χ0v) is 11.5. The van der Waals surface area contributed by atoms with E-state index in [0.29, 0.717) is 13.1 Å². The largest absolute Gasteiger partial charge is 0.368 e. The summed E-state index contributed by atoms with van der Waals surface area (Å²) in [6.45, 7) is 3.31. The molecule has 1 aromatic rings. The van der Waals surface area contributed by atoms with Crippen molar-refractivity contribution in [1.29, 1.82) is 0 Å². The summed E-state index contributed by atoms with van der Waals surface area (Å²) < 4.78 is 0. The van der Waals surface area contributed by atoms with Crippen molar-refractivity contribution in [2.75, 3.05) is 18.0 Å². The lowest BCUT2D eigenvalue weighted by Crippen LogP contribution is -2.35. The molecule has 104 valence electrons. The third-order valence-electron chi connectivity index (χ3n) is 3.60. The number of rotatable bonds is 5. The molecular weight excluding hydrogens is 240 g/mol. The Labute approximate surface area is 114 Å². The van der Waals surface area contributed by atoms with Gasteiger partial charge in [-0.15, -0.1) is 0 Å². The average Bonchev–Trinajstić information content (AvgIpc) is 2.43. The molecule has 1 heterocycles. The fourth-order valence-corrected chi connectivity index (χ4v) is 2.62. The second-order valence-electron chi connectivity index (χ2n) is 4.97. The zero-order valence-electron chi connectivity index (χ0n) is 11.5. The predicted molar refractivity (Wildman–Crippen MR) is 75.9 cm³/mol. The van der Waals surface area contributed by atoms with Crippen LogP contribution < -0.4 is 16.4 Å². The molecular formula is C14H22N4O. The minimum Gasteiger partial charge on any atom is -0.368 e. The summed E-state index contributed by atoms with van der Waals surface area (Å²) in [7, 11) is 0. The van der Waals surface area contributed by atoms with Gasteiger partial charge in [-0.05, 0) is 44.2 Å². The highest BCUT2D eigenvalue weighted by atomic mass is 16.1. The van der Waals surface area contributed by atoms with E-state index in [9.17, 15) is 4.79 Å². The molecule has 4 N–H and O–H groups in total. The Balaban J connectivity index is 2.39. The van der Waals surface area contributed by atoms with Crippen molar-refractivity contribution in [3.63, 3.8) is 0 Å². The summed E-state index contributed by atoms with van der Waals surface area (Å²) in [5, 5.41) is 0.